The second kappa shape index (κ2) is 10.6. The third-order valence-electron chi connectivity index (χ3n) is 5.18. The van der Waals surface area contributed by atoms with Gasteiger partial charge in [0.25, 0.3) is 15.9 Å². The molecule has 1 unspecified atom stereocenters. The van der Waals surface area contributed by atoms with Crippen LogP contribution in [0, 0.1) is 13.8 Å². The lowest BCUT2D eigenvalue weighted by Gasteiger charge is -2.19. The third kappa shape index (κ3) is 5.69. The van der Waals surface area contributed by atoms with Crippen molar-refractivity contribution >= 4 is 27.6 Å². The zero-order valence-corrected chi connectivity index (χ0v) is 20.1. The van der Waals surface area contributed by atoms with Gasteiger partial charge in [0.2, 0.25) is 6.10 Å². The number of hydrogen-bond acceptors (Lipinski definition) is 6. The van der Waals surface area contributed by atoms with Gasteiger partial charge in [0, 0.05) is 18.3 Å². The van der Waals surface area contributed by atoms with Crippen molar-refractivity contribution in [3.8, 4) is 0 Å². The van der Waals surface area contributed by atoms with E-state index >= 15 is 0 Å². The van der Waals surface area contributed by atoms with Gasteiger partial charge in [-0.1, -0.05) is 53.0 Å². The minimum atomic E-state index is -3.97. The van der Waals surface area contributed by atoms with E-state index in [2.05, 4.69) is 5.32 Å². The van der Waals surface area contributed by atoms with Crippen molar-refractivity contribution < 1.29 is 27.6 Å². The maximum Gasteiger partial charge on any atom is 0.339 e. The fourth-order valence-electron chi connectivity index (χ4n) is 3.17. The summed E-state index contributed by atoms with van der Waals surface area (Å²) in [6.45, 7) is 3.77. The van der Waals surface area contributed by atoms with E-state index in [4.69, 9.17) is 9.57 Å². The van der Waals surface area contributed by atoms with E-state index in [1.165, 1.54) is 38.4 Å². The predicted molar refractivity (Wildman–Crippen MR) is 128 cm³/mol. The van der Waals surface area contributed by atoms with Crippen molar-refractivity contribution in [2.24, 2.45) is 0 Å². The molecule has 3 aromatic carbocycles. The van der Waals surface area contributed by atoms with Gasteiger partial charge in [-0.05, 0) is 49.2 Å². The first-order chi connectivity index (χ1) is 16.1. The Morgan fingerprint density at radius 1 is 0.941 bits per heavy atom. The van der Waals surface area contributed by atoms with Crippen molar-refractivity contribution in [3.05, 3.63) is 95.1 Å². The minimum Gasteiger partial charge on any atom is -0.444 e. The molecule has 0 aliphatic heterocycles. The number of anilines is 1. The van der Waals surface area contributed by atoms with E-state index in [1.807, 2.05) is 32.0 Å². The van der Waals surface area contributed by atoms with Crippen LogP contribution in [0.25, 0.3) is 0 Å². The molecule has 0 heterocycles. The highest BCUT2D eigenvalue weighted by atomic mass is 32.2. The molecule has 3 aromatic rings. The van der Waals surface area contributed by atoms with Crippen LogP contribution in [0.1, 0.15) is 33.2 Å². The first kappa shape index (κ1) is 25.1. The Balaban J connectivity index is 1.91. The van der Waals surface area contributed by atoms with Gasteiger partial charge in [-0.25, -0.2) is 13.2 Å². The van der Waals surface area contributed by atoms with Crippen molar-refractivity contribution in [1.29, 1.82) is 0 Å². The number of rotatable bonds is 8. The fraction of sp³-hybridized carbons (Fsp3) is 0.200. The summed E-state index contributed by atoms with van der Waals surface area (Å²) < 4.78 is 31.3. The van der Waals surface area contributed by atoms with Gasteiger partial charge in [-0.15, -0.1) is 0 Å². The van der Waals surface area contributed by atoms with Crippen LogP contribution < -0.4 is 5.32 Å². The maximum absolute atomic E-state index is 13.2. The topological polar surface area (TPSA) is 102 Å². The van der Waals surface area contributed by atoms with E-state index < -0.39 is 28.0 Å². The Morgan fingerprint density at radius 3 is 2.32 bits per heavy atom. The van der Waals surface area contributed by atoms with E-state index in [9.17, 15) is 18.0 Å². The predicted octanol–water partition coefficient (Wildman–Crippen LogP) is 4.02. The molecule has 0 fully saturated rings. The Kier molecular flexibility index (Phi) is 7.83. The number of carbonyl (C=O) groups excluding carboxylic acids is 2. The van der Waals surface area contributed by atoms with Crippen LogP contribution in [0.15, 0.2) is 77.7 Å². The SMILES string of the molecule is CON(C)S(=O)(=O)c1cccc(C(=O)OC(C(=O)Nc2cc(C)ccc2C)c2ccccc2)c1. The molecule has 0 aliphatic rings. The van der Waals surface area contributed by atoms with Gasteiger partial charge in [0.05, 0.1) is 17.6 Å². The zero-order valence-electron chi connectivity index (χ0n) is 19.3. The summed E-state index contributed by atoms with van der Waals surface area (Å²) >= 11 is 0. The summed E-state index contributed by atoms with van der Waals surface area (Å²) in [6, 6.07) is 19.6. The van der Waals surface area contributed by atoms with Gasteiger partial charge < -0.3 is 10.1 Å². The molecule has 9 heteroatoms. The Morgan fingerprint density at radius 2 is 1.65 bits per heavy atom. The van der Waals surface area contributed by atoms with Gasteiger partial charge in [0.1, 0.15) is 0 Å². The normalized spacial score (nSPS) is 12.3. The molecule has 1 amide bonds. The molecule has 8 nitrogen and oxygen atoms in total. The monoisotopic (exact) mass is 482 g/mol. The van der Waals surface area contributed by atoms with Gasteiger partial charge in [0.15, 0.2) is 0 Å². The van der Waals surface area contributed by atoms with Gasteiger partial charge >= 0.3 is 5.97 Å². The lowest BCUT2D eigenvalue weighted by Crippen LogP contribution is -2.27. The average Bonchev–Trinajstić information content (AvgIpc) is 2.84. The Labute approximate surface area is 199 Å². The molecule has 0 bridgehead atoms. The number of ether oxygens (including phenoxy) is 1. The minimum absolute atomic E-state index is 0.0222. The summed E-state index contributed by atoms with van der Waals surface area (Å²) in [5.74, 6) is -1.38. The number of hydrogen-bond donors (Lipinski definition) is 1. The van der Waals surface area contributed by atoms with E-state index in [0.29, 0.717) is 15.7 Å². The zero-order chi connectivity index (χ0) is 24.9. The average molecular weight is 483 g/mol. The van der Waals surface area contributed by atoms with Crippen LogP contribution >= 0.6 is 0 Å². The summed E-state index contributed by atoms with van der Waals surface area (Å²) in [6.07, 6.45) is -1.25. The molecule has 1 atom stereocenters. The number of esters is 1. The highest BCUT2D eigenvalue weighted by Crippen LogP contribution is 2.25. The fourth-order valence-corrected chi connectivity index (χ4v) is 4.19. The summed E-state index contributed by atoms with van der Waals surface area (Å²) in [5, 5.41) is 2.83. The number of carbonyl (C=O) groups is 2. The number of amides is 1. The molecule has 0 saturated heterocycles. The lowest BCUT2D eigenvalue weighted by atomic mass is 10.1. The Hall–Kier alpha value is -3.53. The number of aryl methyl sites for hydroxylation is 2. The second-order valence-corrected chi connectivity index (χ2v) is 9.56. The molecule has 178 valence electrons. The first-order valence-corrected chi connectivity index (χ1v) is 11.8. The van der Waals surface area contributed by atoms with Crippen LogP contribution in [-0.2, 0) is 24.4 Å². The van der Waals surface area contributed by atoms with Gasteiger partial charge in [-0.3, -0.25) is 9.63 Å². The van der Waals surface area contributed by atoms with Crippen LogP contribution in [0.2, 0.25) is 0 Å². The smallest absolute Gasteiger partial charge is 0.339 e. The van der Waals surface area contributed by atoms with Crippen LogP contribution in [0.3, 0.4) is 0 Å². The molecule has 0 aromatic heterocycles. The van der Waals surface area contributed by atoms with Crippen LogP contribution in [0.5, 0.6) is 0 Å². The van der Waals surface area contributed by atoms with Crippen molar-refractivity contribution in [3.63, 3.8) is 0 Å². The van der Waals surface area contributed by atoms with E-state index in [0.717, 1.165) is 11.1 Å². The van der Waals surface area contributed by atoms with E-state index in [-0.39, 0.29) is 10.5 Å². The molecule has 0 radical (unpaired) electrons. The molecule has 3 rings (SSSR count). The number of sulfonamides is 1. The summed E-state index contributed by atoms with van der Waals surface area (Å²) in [5.41, 5.74) is 2.88. The largest absolute Gasteiger partial charge is 0.444 e. The highest BCUT2D eigenvalue weighted by Gasteiger charge is 2.27. The van der Waals surface area contributed by atoms with Crippen LogP contribution in [-0.4, -0.2) is 38.9 Å². The number of hydroxylamine groups is 1. The van der Waals surface area contributed by atoms with Crippen molar-refractivity contribution in [2.45, 2.75) is 24.8 Å². The maximum atomic E-state index is 13.2. The molecular weight excluding hydrogens is 456 g/mol. The van der Waals surface area contributed by atoms with Crippen LogP contribution in [0.4, 0.5) is 5.69 Å². The van der Waals surface area contributed by atoms with Gasteiger partial charge in [-0.2, -0.15) is 0 Å². The van der Waals surface area contributed by atoms with Crippen molar-refractivity contribution in [2.75, 3.05) is 19.5 Å². The first-order valence-electron chi connectivity index (χ1n) is 10.4. The second-order valence-electron chi connectivity index (χ2n) is 7.63. The lowest BCUT2D eigenvalue weighted by molar-refractivity contribution is -0.125. The number of nitrogens with zero attached hydrogens (tertiary/aromatic N) is 1. The quantitative estimate of drug-likeness (QED) is 0.384. The Bertz CT molecular complexity index is 1290. The summed E-state index contributed by atoms with van der Waals surface area (Å²) in [7, 11) is -1.51. The third-order valence-corrected chi connectivity index (χ3v) is 6.86. The standard InChI is InChI=1S/C25H26N2O6S/c1-17-13-14-18(2)22(15-17)26-24(28)23(19-9-6-5-7-10-19)33-25(29)20-11-8-12-21(16-20)34(30,31)27(3)32-4/h5-16,23H,1-4H3,(H,26,28). The molecule has 34 heavy (non-hydrogen) atoms. The molecule has 0 spiro atoms. The molecular formula is C25H26N2O6S. The van der Waals surface area contributed by atoms with Crippen molar-refractivity contribution in [1.82, 2.24) is 4.47 Å². The van der Waals surface area contributed by atoms with E-state index in [1.54, 1.807) is 30.3 Å². The molecule has 1 N–H and O–H groups in total. The highest BCUT2D eigenvalue weighted by molar-refractivity contribution is 7.89. The number of nitrogens with one attached hydrogen (secondary N) is 1. The molecule has 0 aliphatic carbocycles. The molecule has 0 saturated carbocycles. The number of benzene rings is 3. The summed E-state index contributed by atoms with van der Waals surface area (Å²) in [4.78, 5) is 30.8.